The number of aromatic nitrogens is 1. The van der Waals surface area contributed by atoms with Gasteiger partial charge < -0.3 is 9.64 Å². The number of fused-ring (bicyclic) bond motifs is 5. The van der Waals surface area contributed by atoms with Gasteiger partial charge in [0.1, 0.15) is 5.75 Å². The largest absolute Gasteiger partial charge is 0.483 e. The van der Waals surface area contributed by atoms with E-state index in [0.29, 0.717) is 6.04 Å². The summed E-state index contributed by atoms with van der Waals surface area (Å²) in [5.74, 6) is 1.16. The number of benzene rings is 3. The van der Waals surface area contributed by atoms with Crippen LogP contribution in [0.2, 0.25) is 0 Å². The molecular formula is C35H42N2O. The summed E-state index contributed by atoms with van der Waals surface area (Å²) in [5.41, 5.74) is 9.56. The summed E-state index contributed by atoms with van der Waals surface area (Å²) in [7, 11) is 2.34. The summed E-state index contributed by atoms with van der Waals surface area (Å²) in [6, 6.07) is 18.4. The molecule has 0 saturated carbocycles. The molecule has 3 heteroatoms. The Labute approximate surface area is 228 Å². The Kier molecular flexibility index (Phi) is 5.88. The van der Waals surface area contributed by atoms with E-state index in [9.17, 15) is 0 Å². The Hall–Kier alpha value is -2.91. The second-order valence-electron chi connectivity index (χ2n) is 11.5. The van der Waals surface area contributed by atoms with Crippen LogP contribution in [0.4, 0.5) is 0 Å². The van der Waals surface area contributed by atoms with E-state index in [0.717, 1.165) is 37.1 Å². The van der Waals surface area contributed by atoms with Crippen LogP contribution in [0.5, 0.6) is 5.75 Å². The van der Waals surface area contributed by atoms with Crippen LogP contribution in [0.3, 0.4) is 0 Å². The van der Waals surface area contributed by atoms with Crippen molar-refractivity contribution in [2.45, 2.75) is 85.3 Å². The van der Waals surface area contributed by atoms with Gasteiger partial charge in [-0.2, -0.15) is 0 Å². The van der Waals surface area contributed by atoms with Crippen LogP contribution in [-0.4, -0.2) is 29.5 Å². The maximum atomic E-state index is 7.05. The maximum absolute atomic E-state index is 7.05. The summed E-state index contributed by atoms with van der Waals surface area (Å²) in [5, 5.41) is 3.92. The molecule has 2 aliphatic carbocycles. The van der Waals surface area contributed by atoms with Crippen LogP contribution in [-0.2, 0) is 18.3 Å². The first-order valence-electron chi connectivity index (χ1n) is 14.7. The maximum Gasteiger partial charge on any atom is 0.151 e. The lowest BCUT2D eigenvalue weighted by atomic mass is 9.44. The lowest BCUT2D eigenvalue weighted by Crippen LogP contribution is -2.68. The number of aryl methyl sites for hydroxylation is 2. The van der Waals surface area contributed by atoms with Gasteiger partial charge >= 0.3 is 0 Å². The molecule has 198 valence electrons. The number of ether oxygens (including phenoxy) is 1. The minimum absolute atomic E-state index is 0.00201. The molecule has 4 aromatic rings. The first-order valence-corrected chi connectivity index (χ1v) is 14.7. The predicted octanol–water partition coefficient (Wildman–Crippen LogP) is 8.25. The molecule has 0 radical (unpaired) electrons. The summed E-state index contributed by atoms with van der Waals surface area (Å²) < 4.78 is 7.05. The zero-order valence-corrected chi connectivity index (χ0v) is 24.4. The highest BCUT2D eigenvalue weighted by molar-refractivity contribution is 6.08. The molecule has 4 atom stereocenters. The number of pyridine rings is 1. The van der Waals surface area contributed by atoms with Gasteiger partial charge in [-0.15, -0.1) is 0 Å². The van der Waals surface area contributed by atoms with Gasteiger partial charge in [-0.05, 0) is 85.8 Å². The van der Waals surface area contributed by atoms with E-state index in [-0.39, 0.29) is 16.9 Å². The number of piperidine rings is 1. The monoisotopic (exact) mass is 506 g/mol. The third-order valence-electron chi connectivity index (χ3n) is 10.2. The fourth-order valence-corrected chi connectivity index (χ4v) is 8.56. The van der Waals surface area contributed by atoms with Crippen LogP contribution in [0.1, 0.15) is 80.7 Å². The van der Waals surface area contributed by atoms with Crippen LogP contribution in [0, 0.1) is 19.3 Å². The lowest BCUT2D eigenvalue weighted by Gasteiger charge is -2.64. The van der Waals surface area contributed by atoms with E-state index in [1.807, 2.05) is 27.7 Å². The Balaban J connectivity index is 0.000000633. The number of likely N-dealkylation sites (tertiary alicyclic amines) is 1. The van der Waals surface area contributed by atoms with E-state index in [1.54, 1.807) is 0 Å². The summed E-state index contributed by atoms with van der Waals surface area (Å²) in [6.07, 6.45) is 3.33. The molecule has 1 spiro atoms. The molecule has 4 aliphatic rings. The standard InChI is InChI=1S/C31H30N2O.2C2H6/c1-17-9-10-20-15-24-30(3)16-22-18(2)25-21-8-6-5-7-19(21)11-12-23(25)32-27(22)29-31(30,13-14-33(24)4)26(20)28(17)34-29;2*1-2/h5-12,24,29H,13-16H2,1-4H3;2*1-2H3/t24-,29+,30+,31+;;/m1../s1. The summed E-state index contributed by atoms with van der Waals surface area (Å²) in [6.45, 7) is 16.2. The van der Waals surface area contributed by atoms with E-state index < -0.39 is 0 Å². The van der Waals surface area contributed by atoms with Gasteiger partial charge in [0.05, 0.1) is 16.6 Å². The minimum atomic E-state index is 0.00201. The third kappa shape index (κ3) is 2.92. The van der Waals surface area contributed by atoms with E-state index >= 15 is 0 Å². The van der Waals surface area contributed by atoms with Gasteiger partial charge in [-0.25, -0.2) is 4.98 Å². The molecule has 3 heterocycles. The first kappa shape index (κ1) is 25.4. The molecule has 0 N–H and O–H groups in total. The summed E-state index contributed by atoms with van der Waals surface area (Å²) in [4.78, 5) is 8.06. The van der Waals surface area contributed by atoms with Crippen LogP contribution < -0.4 is 4.74 Å². The second-order valence-corrected chi connectivity index (χ2v) is 11.5. The lowest BCUT2D eigenvalue weighted by molar-refractivity contribution is -0.0910. The third-order valence-corrected chi connectivity index (χ3v) is 10.2. The molecule has 38 heavy (non-hydrogen) atoms. The normalized spacial score (nSPS) is 27.9. The molecule has 3 nitrogen and oxygen atoms in total. The van der Waals surface area contributed by atoms with E-state index in [1.165, 1.54) is 49.7 Å². The van der Waals surface area contributed by atoms with Gasteiger partial charge in [-0.3, -0.25) is 0 Å². The number of rotatable bonds is 0. The van der Waals surface area contributed by atoms with Crippen molar-refractivity contribution in [2.24, 2.45) is 5.41 Å². The van der Waals surface area contributed by atoms with Gasteiger partial charge in [0.2, 0.25) is 0 Å². The average molecular weight is 507 g/mol. The fourth-order valence-electron chi connectivity index (χ4n) is 8.56. The van der Waals surface area contributed by atoms with Crippen LogP contribution in [0.25, 0.3) is 21.7 Å². The van der Waals surface area contributed by atoms with Crippen LogP contribution in [0.15, 0.2) is 48.5 Å². The van der Waals surface area contributed by atoms with Crippen molar-refractivity contribution in [3.63, 3.8) is 0 Å². The molecule has 1 saturated heterocycles. The SMILES string of the molecule is CC.CC.Cc1ccc2c3c1O[C@H]1c4nc5ccc6ccccc6c5c(C)c4C[C@@]4(C)[C@@H](C2)N(C)CC[C@]314. The molecule has 0 unspecified atom stereocenters. The van der Waals surface area contributed by atoms with Crippen LogP contribution >= 0.6 is 0 Å². The minimum Gasteiger partial charge on any atom is -0.483 e. The number of likely N-dealkylation sites (N-methyl/N-ethyl adjacent to an activating group) is 1. The second kappa shape index (κ2) is 8.81. The first-order chi connectivity index (χ1) is 18.4. The Bertz CT molecular complexity index is 1570. The highest BCUT2D eigenvalue weighted by Crippen LogP contribution is 2.71. The van der Waals surface area contributed by atoms with Crippen molar-refractivity contribution < 1.29 is 4.74 Å². The molecule has 0 amide bonds. The topological polar surface area (TPSA) is 25.4 Å². The van der Waals surface area contributed by atoms with Gasteiger partial charge in [0.25, 0.3) is 0 Å². The number of hydrogen-bond acceptors (Lipinski definition) is 3. The molecule has 2 bridgehead atoms. The van der Waals surface area contributed by atoms with E-state index in [2.05, 4.69) is 81.2 Å². The van der Waals surface area contributed by atoms with Crippen molar-refractivity contribution in [3.05, 3.63) is 82.0 Å². The van der Waals surface area contributed by atoms with Crippen molar-refractivity contribution in [1.29, 1.82) is 0 Å². The predicted molar refractivity (Wildman–Crippen MR) is 159 cm³/mol. The molecule has 3 aromatic carbocycles. The molecular weight excluding hydrogens is 464 g/mol. The number of hydrogen-bond donors (Lipinski definition) is 0. The Morgan fingerprint density at radius 3 is 2.53 bits per heavy atom. The highest BCUT2D eigenvalue weighted by Gasteiger charge is 2.70. The molecule has 1 aromatic heterocycles. The molecule has 1 fully saturated rings. The number of nitrogens with zero attached hydrogens (tertiary/aromatic N) is 2. The molecule has 8 rings (SSSR count). The molecule has 2 aliphatic heterocycles. The fraction of sp³-hybridized carbons (Fsp3) is 0.457. The van der Waals surface area contributed by atoms with Gasteiger partial charge in [-0.1, -0.05) is 77.1 Å². The average Bonchev–Trinajstić information content (AvgIpc) is 3.31. The van der Waals surface area contributed by atoms with Gasteiger partial charge in [0.15, 0.2) is 6.10 Å². The van der Waals surface area contributed by atoms with Crippen molar-refractivity contribution in [1.82, 2.24) is 9.88 Å². The highest BCUT2D eigenvalue weighted by atomic mass is 16.5. The van der Waals surface area contributed by atoms with E-state index in [4.69, 9.17) is 9.72 Å². The quantitative estimate of drug-likeness (QED) is 0.225. The summed E-state index contributed by atoms with van der Waals surface area (Å²) >= 11 is 0. The van der Waals surface area contributed by atoms with Gasteiger partial charge in [0, 0.05) is 22.4 Å². The van der Waals surface area contributed by atoms with Crippen molar-refractivity contribution in [3.8, 4) is 5.75 Å². The smallest absolute Gasteiger partial charge is 0.151 e. The Morgan fingerprint density at radius 2 is 1.74 bits per heavy atom. The zero-order chi connectivity index (χ0) is 27.0. The zero-order valence-electron chi connectivity index (χ0n) is 24.4. The van der Waals surface area contributed by atoms with Crippen molar-refractivity contribution in [2.75, 3.05) is 13.6 Å². The Morgan fingerprint density at radius 1 is 0.974 bits per heavy atom. The van der Waals surface area contributed by atoms with Crippen molar-refractivity contribution >= 4 is 21.7 Å².